The van der Waals surface area contributed by atoms with Crippen LogP contribution in [0.25, 0.3) is 0 Å². The van der Waals surface area contributed by atoms with Crippen LogP contribution in [0.15, 0.2) is 0 Å². The Morgan fingerprint density at radius 2 is 1.60 bits per heavy atom. The van der Waals surface area contributed by atoms with Crippen molar-refractivity contribution in [1.29, 1.82) is 0 Å². The number of hydrogen-bond acceptors (Lipinski definition) is 2. The third-order valence-electron chi connectivity index (χ3n) is 3.20. The minimum atomic E-state index is 0.196. The number of hydrogen-bond donors (Lipinski definition) is 0. The van der Waals surface area contributed by atoms with Crippen LogP contribution < -0.4 is 0 Å². The Bertz CT molecular complexity index is 183. The molecule has 0 amide bonds. The first-order valence-corrected chi connectivity index (χ1v) is 3.98. The minimum absolute atomic E-state index is 0.196. The first-order valence-electron chi connectivity index (χ1n) is 3.98. The molecule has 2 aliphatic heterocycles. The predicted octanol–water partition coefficient (Wildman–Crippen LogP) is 1.10. The summed E-state index contributed by atoms with van der Waals surface area (Å²) in [6.07, 6.45) is 3.28. The molecule has 0 aromatic carbocycles. The van der Waals surface area contributed by atoms with E-state index in [0.29, 0.717) is 12.2 Å². The van der Waals surface area contributed by atoms with Crippen molar-refractivity contribution >= 4 is 0 Å². The Morgan fingerprint density at radius 3 is 2.00 bits per heavy atom. The van der Waals surface area contributed by atoms with Gasteiger partial charge in [-0.05, 0) is 13.8 Å². The molecule has 3 fully saturated rings. The molecular weight excluding hydrogens is 128 g/mol. The number of epoxide rings is 2. The first-order chi connectivity index (χ1) is 4.62. The Labute approximate surface area is 60.5 Å². The standard InChI is InChI=1S/C8H12O2/c1-7-4-8(2)6(10-8)3-5(7)9-7/h5-6H,3-4H2,1-2H3/t5-,6-,7+,8+/m1/s1. The molecule has 0 aromatic heterocycles. The number of rotatable bonds is 0. The van der Waals surface area contributed by atoms with Gasteiger partial charge in [-0.25, -0.2) is 0 Å². The van der Waals surface area contributed by atoms with Crippen LogP contribution in [0.3, 0.4) is 0 Å². The monoisotopic (exact) mass is 140 g/mol. The zero-order valence-electron chi connectivity index (χ0n) is 6.39. The summed E-state index contributed by atoms with van der Waals surface area (Å²) < 4.78 is 11.1. The molecule has 56 valence electrons. The van der Waals surface area contributed by atoms with Gasteiger partial charge in [-0.15, -0.1) is 0 Å². The minimum Gasteiger partial charge on any atom is -0.366 e. The van der Waals surface area contributed by atoms with Gasteiger partial charge in [0.25, 0.3) is 0 Å². The Morgan fingerprint density at radius 1 is 1.10 bits per heavy atom. The summed E-state index contributed by atoms with van der Waals surface area (Å²) in [5.74, 6) is 0. The van der Waals surface area contributed by atoms with Gasteiger partial charge in [-0.2, -0.15) is 0 Å². The van der Waals surface area contributed by atoms with Crippen LogP contribution in [0.2, 0.25) is 0 Å². The lowest BCUT2D eigenvalue weighted by molar-refractivity contribution is 0.219. The van der Waals surface area contributed by atoms with Crippen molar-refractivity contribution in [2.24, 2.45) is 0 Å². The molecule has 0 unspecified atom stereocenters. The Balaban J connectivity index is 1.90. The summed E-state index contributed by atoms with van der Waals surface area (Å²) in [5, 5.41) is 0. The molecule has 3 rings (SSSR count). The van der Waals surface area contributed by atoms with Crippen molar-refractivity contribution in [2.45, 2.75) is 50.1 Å². The van der Waals surface area contributed by atoms with Gasteiger partial charge < -0.3 is 9.47 Å². The second-order valence-electron chi connectivity index (χ2n) is 4.25. The van der Waals surface area contributed by atoms with Gasteiger partial charge in [0.1, 0.15) is 0 Å². The van der Waals surface area contributed by atoms with Gasteiger partial charge in [-0.1, -0.05) is 0 Å². The highest BCUT2D eigenvalue weighted by molar-refractivity contribution is 5.18. The summed E-state index contributed by atoms with van der Waals surface area (Å²) in [6, 6.07) is 0. The molecule has 10 heavy (non-hydrogen) atoms. The van der Waals surface area contributed by atoms with Gasteiger partial charge in [-0.3, -0.25) is 0 Å². The fraction of sp³-hybridized carbons (Fsp3) is 1.00. The quantitative estimate of drug-likeness (QED) is 0.471. The summed E-state index contributed by atoms with van der Waals surface area (Å²) in [6.45, 7) is 4.39. The maximum absolute atomic E-state index is 5.55. The van der Waals surface area contributed by atoms with E-state index in [1.54, 1.807) is 0 Å². The molecule has 2 saturated heterocycles. The van der Waals surface area contributed by atoms with E-state index in [1.165, 1.54) is 0 Å². The van der Waals surface area contributed by atoms with Crippen LogP contribution in [0.5, 0.6) is 0 Å². The molecule has 0 bridgehead atoms. The van der Waals surface area contributed by atoms with E-state index in [4.69, 9.17) is 9.47 Å². The van der Waals surface area contributed by atoms with Crippen LogP contribution in [0.1, 0.15) is 26.7 Å². The van der Waals surface area contributed by atoms with Crippen molar-refractivity contribution in [3.8, 4) is 0 Å². The molecular formula is C8H12O2. The van der Waals surface area contributed by atoms with E-state index in [2.05, 4.69) is 13.8 Å². The molecule has 2 heterocycles. The summed E-state index contributed by atoms with van der Waals surface area (Å²) >= 11 is 0. The molecule has 0 N–H and O–H groups in total. The second kappa shape index (κ2) is 1.16. The lowest BCUT2D eigenvalue weighted by Gasteiger charge is -2.14. The fourth-order valence-corrected chi connectivity index (χ4v) is 2.38. The molecule has 1 saturated carbocycles. The summed E-state index contributed by atoms with van der Waals surface area (Å²) in [7, 11) is 0. The summed E-state index contributed by atoms with van der Waals surface area (Å²) in [5.41, 5.74) is 0.392. The first kappa shape index (κ1) is 5.56. The van der Waals surface area contributed by atoms with Crippen molar-refractivity contribution in [3.63, 3.8) is 0 Å². The lowest BCUT2D eigenvalue weighted by Crippen LogP contribution is -2.27. The van der Waals surface area contributed by atoms with Gasteiger partial charge in [0.05, 0.1) is 23.4 Å². The highest BCUT2D eigenvalue weighted by Gasteiger charge is 2.69. The van der Waals surface area contributed by atoms with Crippen LogP contribution in [0.4, 0.5) is 0 Å². The average Bonchev–Trinajstić information content (AvgIpc) is 2.53. The number of fused-ring (bicyclic) bond motifs is 2. The zero-order chi connectivity index (χ0) is 6.98. The van der Waals surface area contributed by atoms with E-state index >= 15 is 0 Å². The maximum atomic E-state index is 5.55. The van der Waals surface area contributed by atoms with Crippen LogP contribution in [0, 0.1) is 0 Å². The SMILES string of the molecule is C[C@]12C[C@]3(C)O[C@@H]3C[C@H]1O2. The summed E-state index contributed by atoms with van der Waals surface area (Å²) in [4.78, 5) is 0. The van der Waals surface area contributed by atoms with Crippen molar-refractivity contribution in [1.82, 2.24) is 0 Å². The van der Waals surface area contributed by atoms with Crippen molar-refractivity contribution in [2.75, 3.05) is 0 Å². The van der Waals surface area contributed by atoms with Crippen LogP contribution in [-0.2, 0) is 9.47 Å². The third-order valence-corrected chi connectivity index (χ3v) is 3.20. The van der Waals surface area contributed by atoms with Gasteiger partial charge in [0.2, 0.25) is 0 Å². The maximum Gasteiger partial charge on any atom is 0.0949 e. The second-order valence-corrected chi connectivity index (χ2v) is 4.25. The van der Waals surface area contributed by atoms with E-state index in [1.807, 2.05) is 0 Å². The molecule has 2 nitrogen and oxygen atoms in total. The molecule has 0 radical (unpaired) electrons. The fourth-order valence-electron chi connectivity index (χ4n) is 2.38. The molecule has 3 aliphatic rings. The Hall–Kier alpha value is -0.0800. The normalized spacial score (nSPS) is 70.2. The number of ether oxygens (including phenoxy) is 2. The van der Waals surface area contributed by atoms with E-state index in [9.17, 15) is 0 Å². The van der Waals surface area contributed by atoms with Crippen LogP contribution in [-0.4, -0.2) is 23.4 Å². The molecule has 4 atom stereocenters. The Kier molecular flexibility index (Phi) is 0.647. The smallest absolute Gasteiger partial charge is 0.0949 e. The average molecular weight is 140 g/mol. The topological polar surface area (TPSA) is 25.1 Å². The van der Waals surface area contributed by atoms with Gasteiger partial charge >= 0.3 is 0 Å². The molecule has 0 aromatic rings. The lowest BCUT2D eigenvalue weighted by atomic mass is 9.83. The van der Waals surface area contributed by atoms with Crippen molar-refractivity contribution in [3.05, 3.63) is 0 Å². The van der Waals surface area contributed by atoms with E-state index < -0.39 is 0 Å². The van der Waals surface area contributed by atoms with Crippen molar-refractivity contribution < 1.29 is 9.47 Å². The largest absolute Gasteiger partial charge is 0.366 e. The highest BCUT2D eigenvalue weighted by Crippen LogP contribution is 2.59. The van der Waals surface area contributed by atoms with Crippen LogP contribution >= 0.6 is 0 Å². The highest BCUT2D eigenvalue weighted by atomic mass is 16.6. The molecule has 0 spiro atoms. The predicted molar refractivity (Wildman–Crippen MR) is 35.8 cm³/mol. The van der Waals surface area contributed by atoms with E-state index in [0.717, 1.165) is 12.8 Å². The molecule has 1 aliphatic carbocycles. The van der Waals surface area contributed by atoms with E-state index in [-0.39, 0.29) is 11.2 Å². The zero-order valence-corrected chi connectivity index (χ0v) is 6.39. The van der Waals surface area contributed by atoms with Gasteiger partial charge in [0, 0.05) is 12.8 Å². The van der Waals surface area contributed by atoms with Gasteiger partial charge in [0.15, 0.2) is 0 Å². The molecule has 2 heteroatoms. The third kappa shape index (κ3) is 0.487.